The fourth-order valence-corrected chi connectivity index (χ4v) is 2.34. The number of phenolic OH excluding ortho intramolecular Hbond substituents is 1. The molecule has 0 atom stereocenters. The molecule has 1 rings (SSSR count). The van der Waals surface area contributed by atoms with E-state index in [1.165, 1.54) is 0 Å². The van der Waals surface area contributed by atoms with Crippen LogP contribution in [0.15, 0.2) is 18.2 Å². The van der Waals surface area contributed by atoms with Crippen LogP contribution in [0.25, 0.3) is 0 Å². The van der Waals surface area contributed by atoms with E-state index >= 15 is 0 Å². The molecule has 4 heteroatoms. The number of aromatic hydroxyl groups is 1. The number of nitrogens with one attached hydrogen (secondary N) is 1. The summed E-state index contributed by atoms with van der Waals surface area (Å²) in [6.07, 6.45) is 0. The van der Waals surface area contributed by atoms with E-state index in [1.807, 2.05) is 12.1 Å². The number of hydrogen-bond acceptors (Lipinski definition) is 3. The van der Waals surface area contributed by atoms with E-state index in [1.54, 1.807) is 6.07 Å². The Morgan fingerprint density at radius 3 is 2.61 bits per heavy atom. The third-order valence-corrected chi connectivity index (χ3v) is 3.04. The molecule has 1 aromatic carbocycles. The summed E-state index contributed by atoms with van der Waals surface area (Å²) in [5, 5.41) is 13.6. The van der Waals surface area contributed by atoms with Gasteiger partial charge in [0.05, 0.1) is 5.02 Å². The minimum Gasteiger partial charge on any atom is -0.506 e. The van der Waals surface area contributed by atoms with Crippen LogP contribution in [0, 0.1) is 5.41 Å². The van der Waals surface area contributed by atoms with Gasteiger partial charge in [-0.25, -0.2) is 0 Å². The Hall–Kier alpha value is -0.770. The van der Waals surface area contributed by atoms with E-state index < -0.39 is 0 Å². The monoisotopic (exact) mass is 270 g/mol. The molecule has 1 aromatic rings. The first-order valence-electron chi connectivity index (χ1n) is 6.14. The molecular weight excluding hydrogens is 248 g/mol. The lowest BCUT2D eigenvalue weighted by atomic mass is 9.93. The van der Waals surface area contributed by atoms with Gasteiger partial charge in [-0.1, -0.05) is 37.6 Å². The van der Waals surface area contributed by atoms with Crippen molar-refractivity contribution in [2.24, 2.45) is 5.41 Å². The molecule has 0 saturated carbocycles. The van der Waals surface area contributed by atoms with Gasteiger partial charge < -0.3 is 15.3 Å². The minimum atomic E-state index is 0.178. The van der Waals surface area contributed by atoms with Crippen molar-refractivity contribution in [3.05, 3.63) is 28.8 Å². The van der Waals surface area contributed by atoms with E-state index in [0.717, 1.165) is 18.7 Å². The standard InChI is InChI=1S/C14H23ClN2O/c1-14(2,10-17(3)4)9-16-8-11-6-5-7-12(15)13(11)18/h5-7,16,18H,8-10H2,1-4H3. The van der Waals surface area contributed by atoms with Crippen molar-refractivity contribution >= 4 is 11.6 Å². The summed E-state index contributed by atoms with van der Waals surface area (Å²) in [7, 11) is 4.15. The molecule has 0 spiro atoms. The summed E-state index contributed by atoms with van der Waals surface area (Å²) < 4.78 is 0. The zero-order chi connectivity index (χ0) is 13.8. The zero-order valence-corrected chi connectivity index (χ0v) is 12.4. The molecule has 0 radical (unpaired) electrons. The van der Waals surface area contributed by atoms with Crippen molar-refractivity contribution in [2.45, 2.75) is 20.4 Å². The minimum absolute atomic E-state index is 0.178. The largest absolute Gasteiger partial charge is 0.506 e. The maximum Gasteiger partial charge on any atom is 0.138 e. The number of para-hydroxylation sites is 1. The third kappa shape index (κ3) is 4.84. The topological polar surface area (TPSA) is 35.5 Å². The highest BCUT2D eigenvalue weighted by atomic mass is 35.5. The molecule has 0 saturated heterocycles. The zero-order valence-electron chi connectivity index (χ0n) is 11.6. The fraction of sp³-hybridized carbons (Fsp3) is 0.571. The molecule has 0 heterocycles. The molecule has 102 valence electrons. The van der Waals surface area contributed by atoms with Crippen LogP contribution < -0.4 is 5.32 Å². The number of nitrogens with zero attached hydrogens (tertiary/aromatic N) is 1. The first-order chi connectivity index (χ1) is 8.32. The molecule has 0 aliphatic carbocycles. The van der Waals surface area contributed by atoms with Gasteiger partial charge in [0.1, 0.15) is 5.75 Å². The summed E-state index contributed by atoms with van der Waals surface area (Å²) in [6, 6.07) is 5.42. The van der Waals surface area contributed by atoms with E-state index in [4.69, 9.17) is 11.6 Å². The Kier molecular flexibility index (Phi) is 5.45. The molecule has 0 fully saturated rings. The molecule has 0 amide bonds. The average Bonchev–Trinajstić information content (AvgIpc) is 2.22. The van der Waals surface area contributed by atoms with Gasteiger partial charge >= 0.3 is 0 Å². The van der Waals surface area contributed by atoms with Crippen LogP contribution >= 0.6 is 11.6 Å². The number of rotatable bonds is 6. The summed E-state index contributed by atoms with van der Waals surface area (Å²) >= 11 is 5.87. The Labute approximate surface area is 115 Å². The highest BCUT2D eigenvalue weighted by Gasteiger charge is 2.18. The predicted octanol–water partition coefficient (Wildman–Crippen LogP) is 2.72. The van der Waals surface area contributed by atoms with Gasteiger partial charge in [-0.3, -0.25) is 0 Å². The molecule has 3 nitrogen and oxygen atoms in total. The van der Waals surface area contributed by atoms with Gasteiger partial charge in [0.15, 0.2) is 0 Å². The lowest BCUT2D eigenvalue weighted by Gasteiger charge is -2.28. The number of benzene rings is 1. The number of hydrogen-bond donors (Lipinski definition) is 2. The maximum absolute atomic E-state index is 9.79. The number of halogens is 1. The SMILES string of the molecule is CN(C)CC(C)(C)CNCc1cccc(Cl)c1O. The average molecular weight is 271 g/mol. The van der Waals surface area contributed by atoms with Gasteiger partial charge in [-0.05, 0) is 25.6 Å². The Bertz CT molecular complexity index is 391. The highest BCUT2D eigenvalue weighted by Crippen LogP contribution is 2.26. The summed E-state index contributed by atoms with van der Waals surface area (Å²) in [4.78, 5) is 2.18. The van der Waals surface area contributed by atoms with Crippen LogP contribution in [0.5, 0.6) is 5.75 Å². The molecule has 18 heavy (non-hydrogen) atoms. The van der Waals surface area contributed by atoms with Crippen LogP contribution in [0.1, 0.15) is 19.4 Å². The second-order valence-corrected chi connectivity index (χ2v) is 6.16. The predicted molar refractivity (Wildman–Crippen MR) is 77.2 cm³/mol. The molecule has 0 aliphatic rings. The first kappa shape index (κ1) is 15.3. The molecule has 0 aliphatic heterocycles. The second-order valence-electron chi connectivity index (χ2n) is 5.75. The van der Waals surface area contributed by atoms with Crippen molar-refractivity contribution in [1.82, 2.24) is 10.2 Å². The Balaban J connectivity index is 2.49. The number of phenols is 1. The van der Waals surface area contributed by atoms with Crippen LogP contribution in [0.2, 0.25) is 5.02 Å². The van der Waals surface area contributed by atoms with Crippen molar-refractivity contribution in [2.75, 3.05) is 27.2 Å². The van der Waals surface area contributed by atoms with Gasteiger partial charge in [-0.15, -0.1) is 0 Å². The third-order valence-electron chi connectivity index (χ3n) is 2.73. The van der Waals surface area contributed by atoms with Gasteiger partial charge in [0, 0.05) is 25.2 Å². The Morgan fingerprint density at radius 1 is 1.33 bits per heavy atom. The van der Waals surface area contributed by atoms with Crippen molar-refractivity contribution in [3.63, 3.8) is 0 Å². The van der Waals surface area contributed by atoms with Gasteiger partial charge in [0.2, 0.25) is 0 Å². The lowest BCUT2D eigenvalue weighted by Crippen LogP contribution is -2.37. The van der Waals surface area contributed by atoms with Crippen molar-refractivity contribution in [1.29, 1.82) is 0 Å². The second kappa shape index (κ2) is 6.41. The summed E-state index contributed by atoms with van der Waals surface area (Å²) in [6.45, 7) is 6.97. The smallest absolute Gasteiger partial charge is 0.138 e. The quantitative estimate of drug-likeness (QED) is 0.834. The van der Waals surface area contributed by atoms with Crippen LogP contribution in [-0.2, 0) is 6.54 Å². The van der Waals surface area contributed by atoms with Gasteiger partial charge in [-0.2, -0.15) is 0 Å². The van der Waals surface area contributed by atoms with E-state index in [0.29, 0.717) is 11.6 Å². The molecule has 0 bridgehead atoms. The summed E-state index contributed by atoms with van der Waals surface area (Å²) in [5.74, 6) is 0.178. The van der Waals surface area contributed by atoms with E-state index in [2.05, 4.69) is 38.2 Å². The molecule has 0 unspecified atom stereocenters. The molecule has 0 aromatic heterocycles. The van der Waals surface area contributed by atoms with E-state index in [-0.39, 0.29) is 11.2 Å². The van der Waals surface area contributed by atoms with Crippen LogP contribution in [0.3, 0.4) is 0 Å². The fourth-order valence-electron chi connectivity index (χ4n) is 2.15. The lowest BCUT2D eigenvalue weighted by molar-refractivity contribution is 0.232. The van der Waals surface area contributed by atoms with Crippen molar-refractivity contribution < 1.29 is 5.11 Å². The van der Waals surface area contributed by atoms with Crippen LogP contribution in [-0.4, -0.2) is 37.2 Å². The first-order valence-corrected chi connectivity index (χ1v) is 6.51. The van der Waals surface area contributed by atoms with Crippen LogP contribution in [0.4, 0.5) is 0 Å². The van der Waals surface area contributed by atoms with Gasteiger partial charge in [0.25, 0.3) is 0 Å². The Morgan fingerprint density at radius 2 is 2.00 bits per heavy atom. The summed E-state index contributed by atoms with van der Waals surface area (Å²) in [5.41, 5.74) is 1.03. The van der Waals surface area contributed by atoms with E-state index in [9.17, 15) is 5.11 Å². The maximum atomic E-state index is 9.79. The molecular formula is C14H23ClN2O. The van der Waals surface area contributed by atoms with Crippen molar-refractivity contribution in [3.8, 4) is 5.75 Å². The highest BCUT2D eigenvalue weighted by molar-refractivity contribution is 6.32. The normalized spacial score (nSPS) is 12.1. The molecule has 2 N–H and O–H groups in total.